The van der Waals surface area contributed by atoms with Gasteiger partial charge in [0.25, 0.3) is 0 Å². The van der Waals surface area contributed by atoms with Gasteiger partial charge in [-0.15, -0.1) is 17.2 Å². The summed E-state index contributed by atoms with van der Waals surface area (Å²) in [7, 11) is 2.10. The molecule has 0 spiro atoms. The molecule has 1 heterocycles. The number of aromatic nitrogens is 2. The van der Waals surface area contributed by atoms with Gasteiger partial charge in [0.15, 0.2) is 17.4 Å². The van der Waals surface area contributed by atoms with Crippen LogP contribution in [0.4, 0.5) is 0 Å². The van der Waals surface area contributed by atoms with Gasteiger partial charge in [-0.1, -0.05) is 58.0 Å². The van der Waals surface area contributed by atoms with Crippen LogP contribution < -0.4 is 0 Å². The molecule has 1 aliphatic carbocycles. The van der Waals surface area contributed by atoms with E-state index in [9.17, 15) is 0 Å². The molecule has 0 fully saturated rings. The maximum Gasteiger partial charge on any atom is 0.477 e. The van der Waals surface area contributed by atoms with Crippen LogP contribution in [0.2, 0.25) is 0 Å². The minimum absolute atomic E-state index is 0. The monoisotopic (exact) mass is 620 g/mol. The van der Waals surface area contributed by atoms with Crippen molar-refractivity contribution in [3.05, 3.63) is 95.3 Å². The molecule has 0 aliphatic heterocycles. The summed E-state index contributed by atoms with van der Waals surface area (Å²) >= 11 is 0. The topological polar surface area (TPSA) is 51.5 Å². The molecule has 5 heteroatoms. The number of hydrogen-bond donors (Lipinski definition) is 1. The Morgan fingerprint density at radius 2 is 1.36 bits per heavy atom. The van der Waals surface area contributed by atoms with Crippen molar-refractivity contribution >= 4 is 17.0 Å². The third-order valence-corrected chi connectivity index (χ3v) is 6.63. The first-order chi connectivity index (χ1) is 15.0. The third kappa shape index (κ3) is 4.16. The van der Waals surface area contributed by atoms with Crippen LogP contribution in [0, 0.1) is 6.07 Å². The second-order valence-electron chi connectivity index (χ2n) is 9.57. The number of benzene rings is 3. The number of rotatable bonds is 1. The summed E-state index contributed by atoms with van der Waals surface area (Å²) in [6.07, 6.45) is 2.15. The van der Waals surface area contributed by atoms with Crippen molar-refractivity contribution in [2.75, 3.05) is 0 Å². The molecule has 0 saturated carbocycles. The van der Waals surface area contributed by atoms with Crippen LogP contribution in [0.25, 0.3) is 16.7 Å². The maximum absolute atomic E-state index is 7.53. The number of aliphatic carboxylic acids is 1. The van der Waals surface area contributed by atoms with Crippen molar-refractivity contribution in [1.29, 1.82) is 0 Å². The third-order valence-electron chi connectivity index (χ3n) is 6.63. The summed E-state index contributed by atoms with van der Waals surface area (Å²) < 4.78 is 4.42. The average Bonchev–Trinajstić information content (AvgIpc) is 3.09. The largest absolute Gasteiger partial charge is 0.477 e. The Labute approximate surface area is 209 Å². The molecule has 4 nitrogen and oxygen atoms in total. The number of carboxylic acids is 1. The number of fused-ring (bicyclic) bond motifs is 3. The smallest absolute Gasteiger partial charge is 0.339 e. The molecule has 33 heavy (non-hydrogen) atoms. The second-order valence-corrected chi connectivity index (χ2v) is 9.57. The molecule has 1 aliphatic rings. The minimum Gasteiger partial charge on any atom is -0.339 e. The van der Waals surface area contributed by atoms with E-state index >= 15 is 0 Å². The molecule has 0 atom stereocenters. The number of aliphatic hydroxyl groups excluding tert-OH is 1. The quantitative estimate of drug-likeness (QED) is 0.204. The molecule has 0 amide bonds. The number of para-hydroxylation sites is 2. The van der Waals surface area contributed by atoms with Gasteiger partial charge in [0.1, 0.15) is 0 Å². The number of carboxylic acid groups (broad SMARTS) is 1. The fourth-order valence-electron chi connectivity index (χ4n) is 4.97. The first kappa shape index (κ1) is 24.9. The van der Waals surface area contributed by atoms with Gasteiger partial charge in [0, 0.05) is 45.0 Å². The van der Waals surface area contributed by atoms with E-state index in [4.69, 9.17) is 9.90 Å². The minimum atomic E-state index is -0.583. The molecular weight excluding hydrogens is 589 g/mol. The molecular formula is C28H31IrN2O2+. The van der Waals surface area contributed by atoms with Crippen LogP contribution >= 0.6 is 0 Å². The van der Waals surface area contributed by atoms with Crippen LogP contribution in [0.5, 0.6) is 0 Å². The predicted octanol–water partition coefficient (Wildman–Crippen LogP) is 6.08. The number of aryl methyl sites for hydroxylation is 1. The molecule has 0 unspecified atom stereocenters. The Kier molecular flexibility index (Phi) is 6.70. The van der Waals surface area contributed by atoms with Crippen molar-refractivity contribution < 1.29 is 30.0 Å². The van der Waals surface area contributed by atoms with E-state index in [-0.39, 0.29) is 30.9 Å². The molecule has 0 saturated heterocycles. The average molecular weight is 620 g/mol. The van der Waals surface area contributed by atoms with E-state index in [1.165, 1.54) is 40.2 Å². The molecule has 2 N–H and O–H groups in total. The molecule has 1 radical (unpaired) electrons. The summed E-state index contributed by atoms with van der Waals surface area (Å²) in [5.74, 6) is -0.583. The van der Waals surface area contributed by atoms with Gasteiger partial charge in [-0.05, 0) is 34.1 Å². The van der Waals surface area contributed by atoms with Crippen LogP contribution in [0.3, 0.4) is 0 Å². The van der Waals surface area contributed by atoms with Gasteiger partial charge >= 0.3 is 5.97 Å². The van der Waals surface area contributed by atoms with E-state index in [0.717, 1.165) is 5.69 Å². The van der Waals surface area contributed by atoms with E-state index in [2.05, 4.69) is 117 Å². The summed E-state index contributed by atoms with van der Waals surface area (Å²) in [5.41, 5.74) is 9.06. The molecule has 5 rings (SSSR count). The van der Waals surface area contributed by atoms with E-state index in [1.54, 1.807) is 0 Å². The summed E-state index contributed by atoms with van der Waals surface area (Å²) in [6, 6.07) is 25.6. The van der Waals surface area contributed by atoms with Crippen LogP contribution in [-0.2, 0) is 38.0 Å². The summed E-state index contributed by atoms with van der Waals surface area (Å²) in [6.45, 7) is 10.5. The fraction of sp³-hybridized carbons (Fsp3) is 0.286. The van der Waals surface area contributed by atoms with Crippen molar-refractivity contribution in [2.45, 2.75) is 45.4 Å². The maximum atomic E-state index is 7.53. The normalized spacial score (nSPS) is 14.8. The Morgan fingerprint density at radius 3 is 1.94 bits per heavy atom. The number of hydrogen-bond acceptors (Lipinski definition) is 0. The van der Waals surface area contributed by atoms with Gasteiger partial charge in [0.05, 0.1) is 6.92 Å². The second kappa shape index (κ2) is 8.89. The Hall–Kier alpha value is -2.75. The van der Waals surface area contributed by atoms with Gasteiger partial charge in [-0.2, -0.15) is 6.07 Å². The van der Waals surface area contributed by atoms with E-state index < -0.39 is 5.97 Å². The van der Waals surface area contributed by atoms with Crippen LogP contribution in [-0.4, -0.2) is 25.0 Å². The molecule has 0 bridgehead atoms. The first-order valence-electron chi connectivity index (χ1n) is 10.9. The van der Waals surface area contributed by atoms with Gasteiger partial charge in [-0.25, -0.2) is 9.13 Å². The van der Waals surface area contributed by atoms with Crippen molar-refractivity contribution in [3.8, 4) is 5.69 Å². The van der Waals surface area contributed by atoms with Gasteiger partial charge in [-0.3, -0.25) is 0 Å². The van der Waals surface area contributed by atoms with Crippen LogP contribution in [0.1, 0.15) is 56.9 Å². The zero-order valence-electron chi connectivity index (χ0n) is 20.0. The van der Waals surface area contributed by atoms with Crippen molar-refractivity contribution in [2.24, 2.45) is 7.05 Å². The Morgan fingerprint density at radius 1 is 0.879 bits per heavy atom. The summed E-state index contributed by atoms with van der Waals surface area (Å²) in [4.78, 5) is 7.53. The molecule has 173 valence electrons. The SMILES string of the molecule is CC(O)=[OH+].Cn1[cH+]n(-c2[c-]cc3c(c2)C(C)(C)c2ccccc2C3(C)C)c2ccccc21.[Ir]. The number of nitrogens with zero attached hydrogens (tertiary/aromatic N) is 2. The first-order valence-corrected chi connectivity index (χ1v) is 10.9. The standard InChI is InChI=1S/C26H26N2.C2H4O2.Ir/c1-25(2)19-10-6-7-11-20(19)26(3,4)22-16-18(14-15-21(22)25)28-17-27(5)23-12-8-9-13-24(23)28;1-2(3)4;/h6-13,15-17H,1-5H3;1H3,(H,3,4);/p+1. The fourth-order valence-corrected chi connectivity index (χ4v) is 4.97. The van der Waals surface area contributed by atoms with E-state index in [0.29, 0.717) is 0 Å². The zero-order chi connectivity index (χ0) is 23.3. The van der Waals surface area contributed by atoms with E-state index in [1.807, 2.05) is 0 Å². The Bertz CT molecular complexity index is 1330. The molecule has 4 aromatic rings. The summed E-state index contributed by atoms with van der Waals surface area (Å²) in [5, 5.41) is 7.53. The molecule has 1 aromatic heterocycles. The Balaban J connectivity index is 0.000000569. The van der Waals surface area contributed by atoms with Gasteiger partial charge < -0.3 is 9.90 Å². The molecule has 3 aromatic carbocycles. The zero-order valence-corrected chi connectivity index (χ0v) is 22.4. The van der Waals surface area contributed by atoms with Crippen molar-refractivity contribution in [1.82, 2.24) is 9.13 Å². The van der Waals surface area contributed by atoms with Crippen molar-refractivity contribution in [3.63, 3.8) is 0 Å². The van der Waals surface area contributed by atoms with Gasteiger partial charge in [0.2, 0.25) is 0 Å². The predicted molar refractivity (Wildman–Crippen MR) is 131 cm³/mol. The number of imidazole rings is 1. The van der Waals surface area contributed by atoms with Crippen LogP contribution in [0.15, 0.2) is 67.0 Å².